The van der Waals surface area contributed by atoms with Gasteiger partial charge in [-0.3, -0.25) is 0 Å². The smallest absolute Gasteiger partial charge is 0.268 e. The summed E-state index contributed by atoms with van der Waals surface area (Å²) in [6.07, 6.45) is -3.73. The number of aromatic nitrogens is 1. The molecule has 3 nitrogen and oxygen atoms in total. The van der Waals surface area contributed by atoms with Crippen LogP contribution in [-0.4, -0.2) is 22.6 Å². The van der Waals surface area contributed by atoms with E-state index in [9.17, 15) is 8.78 Å². The molecule has 0 saturated carbocycles. The van der Waals surface area contributed by atoms with Crippen molar-refractivity contribution in [2.24, 2.45) is 0 Å². The number of aliphatic hydroxyl groups is 1. The molecular weight excluding hydrogens is 240 g/mol. The summed E-state index contributed by atoms with van der Waals surface area (Å²) in [7, 11) is 0. The van der Waals surface area contributed by atoms with Gasteiger partial charge in [-0.1, -0.05) is 11.6 Å². The molecule has 1 atom stereocenters. The van der Waals surface area contributed by atoms with Crippen LogP contribution in [0.5, 0.6) is 5.88 Å². The topological polar surface area (TPSA) is 42.4 Å². The van der Waals surface area contributed by atoms with Gasteiger partial charge in [0.2, 0.25) is 5.88 Å². The lowest BCUT2D eigenvalue weighted by Gasteiger charge is -2.13. The minimum Gasteiger partial charge on any atom is -0.474 e. The van der Waals surface area contributed by atoms with Gasteiger partial charge in [0.15, 0.2) is 0 Å². The van der Waals surface area contributed by atoms with Crippen LogP contribution in [0.4, 0.5) is 8.78 Å². The van der Waals surface area contributed by atoms with E-state index in [1.807, 2.05) is 0 Å². The standard InChI is InChI=1S/C10H12ClF2NO2/c1-5(2)16-10-7(11)3-6(4-14-10)8(15)9(12)13/h3-5,8-9,15H,1-2H3. The van der Waals surface area contributed by atoms with Gasteiger partial charge >= 0.3 is 0 Å². The third kappa shape index (κ3) is 3.28. The van der Waals surface area contributed by atoms with E-state index in [0.717, 1.165) is 6.20 Å². The first kappa shape index (κ1) is 13.1. The fourth-order valence-corrected chi connectivity index (χ4v) is 1.28. The van der Waals surface area contributed by atoms with Crippen molar-refractivity contribution >= 4 is 11.6 Å². The molecule has 0 bridgehead atoms. The largest absolute Gasteiger partial charge is 0.474 e. The molecule has 0 fully saturated rings. The van der Waals surface area contributed by atoms with Crippen molar-refractivity contribution in [3.05, 3.63) is 22.8 Å². The summed E-state index contributed by atoms with van der Waals surface area (Å²) in [4.78, 5) is 3.77. The van der Waals surface area contributed by atoms with Crippen LogP contribution < -0.4 is 4.74 Å². The first-order valence-corrected chi connectivity index (χ1v) is 5.08. The number of pyridine rings is 1. The first-order valence-electron chi connectivity index (χ1n) is 4.70. The molecule has 1 unspecified atom stereocenters. The molecule has 0 radical (unpaired) electrons. The lowest BCUT2D eigenvalue weighted by atomic mass is 10.2. The predicted octanol–water partition coefficient (Wildman–Crippen LogP) is 2.82. The van der Waals surface area contributed by atoms with Crippen LogP contribution in [0.25, 0.3) is 0 Å². The van der Waals surface area contributed by atoms with Crippen LogP contribution in [0.1, 0.15) is 25.5 Å². The quantitative estimate of drug-likeness (QED) is 0.895. The highest BCUT2D eigenvalue weighted by Gasteiger charge is 2.20. The van der Waals surface area contributed by atoms with E-state index in [1.165, 1.54) is 6.07 Å². The Bertz CT molecular complexity index is 361. The molecular formula is C10H12ClF2NO2. The molecule has 1 N–H and O–H groups in total. The second kappa shape index (κ2) is 5.41. The Kier molecular flexibility index (Phi) is 4.44. The zero-order valence-corrected chi connectivity index (χ0v) is 9.58. The van der Waals surface area contributed by atoms with Crippen LogP contribution in [0.3, 0.4) is 0 Å². The minimum atomic E-state index is -2.87. The molecule has 1 heterocycles. The molecule has 1 rings (SSSR count). The first-order chi connectivity index (χ1) is 7.41. The molecule has 0 aromatic carbocycles. The van der Waals surface area contributed by atoms with E-state index in [0.29, 0.717) is 0 Å². The number of alkyl halides is 2. The summed E-state index contributed by atoms with van der Waals surface area (Å²) in [5.74, 6) is 0.168. The summed E-state index contributed by atoms with van der Waals surface area (Å²) in [5.41, 5.74) is -0.0314. The molecule has 1 aromatic heterocycles. The van der Waals surface area contributed by atoms with Gasteiger partial charge in [0.25, 0.3) is 6.43 Å². The Hall–Kier alpha value is -0.940. The number of halogens is 3. The lowest BCUT2D eigenvalue weighted by Crippen LogP contribution is -2.10. The van der Waals surface area contributed by atoms with Crippen molar-refractivity contribution in [2.45, 2.75) is 32.5 Å². The van der Waals surface area contributed by atoms with Gasteiger partial charge in [-0.25, -0.2) is 13.8 Å². The zero-order chi connectivity index (χ0) is 12.3. The van der Waals surface area contributed by atoms with Crippen molar-refractivity contribution in [3.8, 4) is 5.88 Å². The number of aliphatic hydroxyl groups excluding tert-OH is 1. The molecule has 0 spiro atoms. The summed E-state index contributed by atoms with van der Waals surface area (Å²) in [6, 6.07) is 1.23. The summed E-state index contributed by atoms with van der Waals surface area (Å²) < 4.78 is 29.6. The van der Waals surface area contributed by atoms with Gasteiger partial charge in [0.1, 0.15) is 11.1 Å². The SMILES string of the molecule is CC(C)Oc1ncc(C(O)C(F)F)cc1Cl. The summed E-state index contributed by atoms with van der Waals surface area (Å²) in [6.45, 7) is 3.58. The highest BCUT2D eigenvalue weighted by atomic mass is 35.5. The Balaban J connectivity index is 2.90. The normalized spacial score (nSPS) is 13.2. The van der Waals surface area contributed by atoms with Crippen LogP contribution >= 0.6 is 11.6 Å². The van der Waals surface area contributed by atoms with Gasteiger partial charge in [-0.05, 0) is 19.9 Å². The highest BCUT2D eigenvalue weighted by Crippen LogP contribution is 2.28. The fourth-order valence-electron chi connectivity index (χ4n) is 1.06. The van der Waals surface area contributed by atoms with Crippen molar-refractivity contribution in [1.29, 1.82) is 0 Å². The van der Waals surface area contributed by atoms with Gasteiger partial charge in [-0.2, -0.15) is 0 Å². The Labute approximate surface area is 97.0 Å². The van der Waals surface area contributed by atoms with Crippen LogP contribution in [0.15, 0.2) is 12.3 Å². The van der Waals surface area contributed by atoms with Crippen LogP contribution in [0, 0.1) is 0 Å². The number of rotatable bonds is 4. The van der Waals surface area contributed by atoms with Gasteiger partial charge < -0.3 is 9.84 Å². The van der Waals surface area contributed by atoms with E-state index in [2.05, 4.69) is 4.98 Å². The summed E-state index contributed by atoms with van der Waals surface area (Å²) in [5, 5.41) is 9.21. The van der Waals surface area contributed by atoms with E-state index in [1.54, 1.807) is 13.8 Å². The van der Waals surface area contributed by atoms with E-state index < -0.39 is 12.5 Å². The van der Waals surface area contributed by atoms with Gasteiger partial charge in [-0.15, -0.1) is 0 Å². The van der Waals surface area contributed by atoms with E-state index in [4.69, 9.17) is 21.4 Å². The number of ether oxygens (including phenoxy) is 1. The second-order valence-electron chi connectivity index (χ2n) is 3.50. The van der Waals surface area contributed by atoms with E-state index in [-0.39, 0.29) is 22.6 Å². The zero-order valence-electron chi connectivity index (χ0n) is 8.82. The molecule has 16 heavy (non-hydrogen) atoms. The molecule has 6 heteroatoms. The predicted molar refractivity (Wildman–Crippen MR) is 56.0 cm³/mol. The number of nitrogens with zero attached hydrogens (tertiary/aromatic N) is 1. The third-order valence-corrected chi connectivity index (χ3v) is 2.03. The van der Waals surface area contributed by atoms with Crippen LogP contribution in [0.2, 0.25) is 5.02 Å². The molecule has 0 aliphatic carbocycles. The average Bonchev–Trinajstić information content (AvgIpc) is 2.19. The second-order valence-corrected chi connectivity index (χ2v) is 3.91. The van der Waals surface area contributed by atoms with Crippen molar-refractivity contribution < 1.29 is 18.6 Å². The van der Waals surface area contributed by atoms with Crippen LogP contribution in [-0.2, 0) is 0 Å². The molecule has 0 amide bonds. The van der Waals surface area contributed by atoms with Gasteiger partial charge in [0, 0.05) is 11.8 Å². The Morgan fingerprint density at radius 3 is 2.50 bits per heavy atom. The average molecular weight is 252 g/mol. The molecule has 0 aliphatic heterocycles. The third-order valence-electron chi connectivity index (χ3n) is 1.76. The molecule has 1 aromatic rings. The maximum absolute atomic E-state index is 12.2. The van der Waals surface area contributed by atoms with E-state index >= 15 is 0 Å². The molecule has 0 aliphatic rings. The Morgan fingerprint density at radius 1 is 1.44 bits per heavy atom. The molecule has 0 saturated heterocycles. The molecule has 90 valence electrons. The fraction of sp³-hybridized carbons (Fsp3) is 0.500. The maximum Gasteiger partial charge on any atom is 0.268 e. The Morgan fingerprint density at radius 2 is 2.06 bits per heavy atom. The maximum atomic E-state index is 12.2. The van der Waals surface area contributed by atoms with Crippen molar-refractivity contribution in [3.63, 3.8) is 0 Å². The van der Waals surface area contributed by atoms with Crippen molar-refractivity contribution in [1.82, 2.24) is 4.98 Å². The summed E-state index contributed by atoms with van der Waals surface area (Å²) >= 11 is 5.78. The lowest BCUT2D eigenvalue weighted by molar-refractivity contribution is -0.00602. The number of hydrogen-bond acceptors (Lipinski definition) is 3. The van der Waals surface area contributed by atoms with Gasteiger partial charge in [0.05, 0.1) is 6.10 Å². The monoisotopic (exact) mass is 251 g/mol. The highest BCUT2D eigenvalue weighted by molar-refractivity contribution is 6.31. The minimum absolute atomic E-state index is 0.0314. The van der Waals surface area contributed by atoms with Crippen molar-refractivity contribution in [2.75, 3.05) is 0 Å². The number of hydrogen-bond donors (Lipinski definition) is 1.